The summed E-state index contributed by atoms with van der Waals surface area (Å²) < 4.78 is 26.9. The third-order valence-corrected chi connectivity index (χ3v) is 9.43. The Morgan fingerprint density at radius 1 is 0.872 bits per heavy atom. The largest absolute Gasteiger partial charge is 0.486 e. The molecule has 0 amide bonds. The van der Waals surface area contributed by atoms with Crippen LogP contribution in [0.15, 0.2) is 51.7 Å². The van der Waals surface area contributed by atoms with Gasteiger partial charge < -0.3 is 9.15 Å². The molecule has 2 saturated carbocycles. The van der Waals surface area contributed by atoms with Gasteiger partial charge in [0.05, 0.1) is 0 Å². The lowest BCUT2D eigenvalue weighted by atomic mass is 9.78. The molecule has 1 aromatic heterocycles. The van der Waals surface area contributed by atoms with Crippen LogP contribution in [0, 0.1) is 17.7 Å². The second-order valence-corrected chi connectivity index (χ2v) is 12.3. The lowest BCUT2D eigenvalue weighted by Crippen LogP contribution is -2.15. The molecule has 0 atom stereocenters. The van der Waals surface area contributed by atoms with E-state index >= 15 is 4.39 Å². The number of halogens is 1. The van der Waals surface area contributed by atoms with E-state index in [0.717, 1.165) is 30.2 Å². The van der Waals surface area contributed by atoms with E-state index in [-0.39, 0.29) is 23.7 Å². The average molecular weight is 533 g/mol. The van der Waals surface area contributed by atoms with Gasteiger partial charge >= 0.3 is 5.63 Å². The van der Waals surface area contributed by atoms with Crippen LogP contribution in [0.25, 0.3) is 10.8 Å². The minimum absolute atomic E-state index is 0.0114. The first-order valence-electron chi connectivity index (χ1n) is 15.5. The molecule has 39 heavy (non-hydrogen) atoms. The molecule has 0 unspecified atom stereocenters. The zero-order valence-corrected chi connectivity index (χ0v) is 23.9. The van der Waals surface area contributed by atoms with E-state index < -0.39 is 11.4 Å². The molecule has 0 spiro atoms. The van der Waals surface area contributed by atoms with Crippen molar-refractivity contribution < 1.29 is 13.5 Å². The van der Waals surface area contributed by atoms with Gasteiger partial charge in [0.25, 0.3) is 0 Å². The maximum absolute atomic E-state index is 15.4. The molecule has 1 heterocycles. The Morgan fingerprint density at radius 3 is 2.31 bits per heavy atom. The van der Waals surface area contributed by atoms with Gasteiger partial charge in [-0.25, -0.2) is 9.18 Å². The van der Waals surface area contributed by atoms with E-state index in [0.29, 0.717) is 17.1 Å². The molecule has 0 aliphatic heterocycles. The van der Waals surface area contributed by atoms with Gasteiger partial charge in [-0.15, -0.1) is 0 Å². The number of hydrogen-bond donors (Lipinski definition) is 0. The van der Waals surface area contributed by atoms with Crippen LogP contribution in [-0.4, -0.2) is 0 Å². The zero-order valence-electron chi connectivity index (χ0n) is 23.9. The normalized spacial score (nSPS) is 23.7. The topological polar surface area (TPSA) is 39.4 Å². The molecule has 0 N–H and O–H groups in total. The van der Waals surface area contributed by atoms with Crippen molar-refractivity contribution in [1.29, 1.82) is 0 Å². The van der Waals surface area contributed by atoms with Gasteiger partial charge in [-0.1, -0.05) is 89.1 Å². The summed E-state index contributed by atoms with van der Waals surface area (Å²) in [7, 11) is 0. The van der Waals surface area contributed by atoms with Crippen molar-refractivity contribution in [3.05, 3.63) is 75.6 Å². The second-order valence-electron chi connectivity index (χ2n) is 12.3. The summed E-state index contributed by atoms with van der Waals surface area (Å²) in [6, 6.07) is 13.8. The molecule has 0 radical (unpaired) electrons. The Balaban J connectivity index is 1.20. The Morgan fingerprint density at radius 2 is 1.59 bits per heavy atom. The van der Waals surface area contributed by atoms with Gasteiger partial charge in [0.15, 0.2) is 11.6 Å². The fraction of sp³-hybridized carbons (Fsp3) is 0.571. The van der Waals surface area contributed by atoms with Crippen molar-refractivity contribution in [1.82, 2.24) is 0 Å². The summed E-state index contributed by atoms with van der Waals surface area (Å²) in [5, 5.41) is 0.585. The molecule has 4 heteroatoms. The molecular weight excluding hydrogens is 487 g/mol. The number of rotatable bonds is 10. The van der Waals surface area contributed by atoms with Crippen molar-refractivity contribution in [2.75, 3.05) is 0 Å². The van der Waals surface area contributed by atoms with Gasteiger partial charge in [0, 0.05) is 5.92 Å². The molecule has 5 rings (SSSR count). The van der Waals surface area contributed by atoms with E-state index in [4.69, 9.17) is 9.15 Å². The van der Waals surface area contributed by atoms with Crippen LogP contribution in [-0.2, 0) is 6.61 Å². The lowest BCUT2D eigenvalue weighted by Gasteiger charge is -2.28. The Hall–Kier alpha value is -2.62. The van der Waals surface area contributed by atoms with Crippen molar-refractivity contribution in [2.45, 2.75) is 116 Å². The third kappa shape index (κ3) is 6.94. The van der Waals surface area contributed by atoms with E-state index in [2.05, 4.69) is 38.1 Å². The Labute approximate surface area is 233 Å². The van der Waals surface area contributed by atoms with Gasteiger partial charge in [-0.05, 0) is 84.9 Å². The highest BCUT2D eigenvalue weighted by Crippen LogP contribution is 2.39. The van der Waals surface area contributed by atoms with Crippen molar-refractivity contribution in [3.63, 3.8) is 0 Å². The van der Waals surface area contributed by atoms with Crippen LogP contribution in [0.3, 0.4) is 0 Å². The maximum atomic E-state index is 15.4. The summed E-state index contributed by atoms with van der Waals surface area (Å²) in [4.78, 5) is 12.9. The average Bonchev–Trinajstić information content (AvgIpc) is 2.96. The number of benzene rings is 2. The molecule has 2 aliphatic carbocycles. The molecule has 2 aliphatic rings. The molecule has 2 fully saturated rings. The van der Waals surface area contributed by atoms with E-state index in [1.54, 1.807) is 12.1 Å². The van der Waals surface area contributed by atoms with Gasteiger partial charge in [-0.2, -0.15) is 0 Å². The highest BCUT2D eigenvalue weighted by Gasteiger charge is 2.25. The van der Waals surface area contributed by atoms with Gasteiger partial charge in [0.1, 0.15) is 17.8 Å². The summed E-state index contributed by atoms with van der Waals surface area (Å²) in [5.41, 5.74) is 1.78. The van der Waals surface area contributed by atoms with E-state index in [1.165, 1.54) is 76.2 Å². The number of unbranched alkanes of at least 4 members (excludes halogenated alkanes) is 3. The third-order valence-electron chi connectivity index (χ3n) is 9.43. The summed E-state index contributed by atoms with van der Waals surface area (Å²) in [5.74, 6) is 2.68. The molecule has 0 bridgehead atoms. The summed E-state index contributed by atoms with van der Waals surface area (Å²) in [6.07, 6.45) is 16.1. The van der Waals surface area contributed by atoms with Crippen LogP contribution >= 0.6 is 0 Å². The molecule has 3 nitrogen and oxygen atoms in total. The summed E-state index contributed by atoms with van der Waals surface area (Å²) in [6.45, 7) is 4.85. The first-order valence-corrected chi connectivity index (χ1v) is 15.5. The fourth-order valence-electron chi connectivity index (χ4n) is 6.79. The first kappa shape index (κ1) is 27.9. The smallest absolute Gasteiger partial charge is 0.346 e. The Kier molecular flexibility index (Phi) is 9.42. The second kappa shape index (κ2) is 13.2. The van der Waals surface area contributed by atoms with Crippen LogP contribution in [0.1, 0.15) is 126 Å². The predicted octanol–water partition coefficient (Wildman–Crippen LogP) is 10.0. The Bertz CT molecular complexity index is 1260. The van der Waals surface area contributed by atoms with Crippen LogP contribution in [0.4, 0.5) is 4.39 Å². The quantitative estimate of drug-likeness (QED) is 0.244. The standard InChI is InChI=1S/C35H45FO3/c1-3-4-5-6-7-25-10-18-29(19-11-25)32-22-30-20-21-31(34(36)33(30)35(37)39-32)38-23-26-12-16-28(17-13-26)27-14-8-24(2)9-15-27/h12-13,16-17,20-22,24-25,27,29H,3-11,14-15,18-19,23H2,1-2H3. The number of hydrogen-bond acceptors (Lipinski definition) is 3. The predicted molar refractivity (Wildman–Crippen MR) is 157 cm³/mol. The van der Waals surface area contributed by atoms with Gasteiger partial charge in [-0.3, -0.25) is 0 Å². The monoisotopic (exact) mass is 532 g/mol. The highest BCUT2D eigenvalue weighted by molar-refractivity contribution is 5.83. The highest BCUT2D eigenvalue weighted by atomic mass is 19.1. The molecule has 0 saturated heterocycles. The van der Waals surface area contributed by atoms with Gasteiger partial charge in [0.2, 0.25) is 0 Å². The minimum atomic E-state index is -0.628. The van der Waals surface area contributed by atoms with Crippen LogP contribution < -0.4 is 10.4 Å². The van der Waals surface area contributed by atoms with Crippen molar-refractivity contribution in [2.24, 2.45) is 11.8 Å². The van der Waals surface area contributed by atoms with Crippen molar-refractivity contribution in [3.8, 4) is 5.75 Å². The summed E-state index contributed by atoms with van der Waals surface area (Å²) >= 11 is 0. The van der Waals surface area contributed by atoms with Crippen LogP contribution in [0.2, 0.25) is 0 Å². The molecular formula is C35H45FO3. The number of ether oxygens (including phenoxy) is 1. The van der Waals surface area contributed by atoms with E-state index in [9.17, 15) is 4.79 Å². The fourth-order valence-corrected chi connectivity index (χ4v) is 6.79. The molecule has 3 aromatic rings. The van der Waals surface area contributed by atoms with Crippen LogP contribution in [0.5, 0.6) is 5.75 Å². The maximum Gasteiger partial charge on any atom is 0.346 e. The minimum Gasteiger partial charge on any atom is -0.486 e. The SMILES string of the molecule is CCCCCCC1CCC(c2cc3ccc(OCc4ccc(C5CCC(C)CC5)cc4)c(F)c3c(=O)o2)CC1. The molecule has 2 aromatic carbocycles. The first-order chi connectivity index (χ1) is 19.0. The zero-order chi connectivity index (χ0) is 27.2. The molecule has 210 valence electrons. The lowest BCUT2D eigenvalue weighted by molar-refractivity contribution is 0.275. The van der Waals surface area contributed by atoms with Crippen molar-refractivity contribution >= 4 is 10.8 Å². The number of fused-ring (bicyclic) bond motifs is 1. The van der Waals surface area contributed by atoms with E-state index in [1.807, 2.05) is 6.07 Å².